The maximum absolute atomic E-state index is 13.0. The van der Waals surface area contributed by atoms with E-state index in [1.807, 2.05) is 24.6 Å². The molecule has 144 valence electrons. The Morgan fingerprint density at radius 1 is 1.22 bits per heavy atom. The molecule has 0 radical (unpaired) electrons. The van der Waals surface area contributed by atoms with E-state index in [1.54, 1.807) is 6.07 Å². The number of piperidine rings is 1. The summed E-state index contributed by atoms with van der Waals surface area (Å²) in [5.74, 6) is 0. The topological polar surface area (TPSA) is 52.2 Å². The van der Waals surface area contributed by atoms with Crippen LogP contribution in [0.1, 0.15) is 40.9 Å². The van der Waals surface area contributed by atoms with E-state index < -0.39 is 17.3 Å². The molecule has 1 saturated heterocycles. The predicted molar refractivity (Wildman–Crippen MR) is 94.7 cm³/mol. The third kappa shape index (κ3) is 3.87. The highest BCUT2D eigenvalue weighted by Crippen LogP contribution is 2.37. The summed E-state index contributed by atoms with van der Waals surface area (Å²) in [5, 5.41) is 20.1. The summed E-state index contributed by atoms with van der Waals surface area (Å²) in [5.41, 5.74) is 1.00. The molecule has 4 nitrogen and oxygen atoms in total. The number of likely N-dealkylation sites (tertiary alicyclic amines) is 1. The van der Waals surface area contributed by atoms with E-state index in [-0.39, 0.29) is 0 Å². The first-order valence-corrected chi connectivity index (χ1v) is 8.82. The average molecular weight is 377 g/mol. The highest BCUT2D eigenvalue weighted by molar-refractivity contribution is 5.34. The zero-order chi connectivity index (χ0) is 19.8. The molecule has 1 aliphatic rings. The predicted octanol–water partition coefficient (Wildman–Crippen LogP) is 3.71. The Labute approximate surface area is 156 Å². The van der Waals surface area contributed by atoms with Crippen LogP contribution in [-0.4, -0.2) is 27.7 Å². The summed E-state index contributed by atoms with van der Waals surface area (Å²) < 4.78 is 40.7. The van der Waals surface area contributed by atoms with Gasteiger partial charge in [-0.25, -0.2) is 0 Å². The molecular formula is C20H22F3N3O. The second-order valence-corrected chi connectivity index (χ2v) is 7.20. The van der Waals surface area contributed by atoms with Crippen molar-refractivity contribution in [3.8, 4) is 6.07 Å². The number of nitriles is 1. The summed E-state index contributed by atoms with van der Waals surface area (Å²) in [7, 11) is 1.85. The molecule has 27 heavy (non-hydrogen) atoms. The van der Waals surface area contributed by atoms with Gasteiger partial charge in [-0.2, -0.15) is 18.4 Å². The number of nitrogens with zero attached hydrogens (tertiary/aromatic N) is 3. The number of rotatable bonds is 3. The lowest BCUT2D eigenvalue weighted by Gasteiger charge is -2.38. The normalized spacial score (nSPS) is 17.7. The van der Waals surface area contributed by atoms with Gasteiger partial charge in [-0.15, -0.1) is 0 Å². The number of aliphatic hydroxyl groups is 1. The Morgan fingerprint density at radius 2 is 1.89 bits per heavy atom. The molecule has 1 aromatic heterocycles. The fourth-order valence-corrected chi connectivity index (χ4v) is 3.63. The van der Waals surface area contributed by atoms with Crippen LogP contribution in [0.5, 0.6) is 0 Å². The second kappa shape index (κ2) is 7.02. The Hall–Kier alpha value is -2.30. The molecule has 0 bridgehead atoms. The number of hydrogen-bond acceptors (Lipinski definition) is 3. The monoisotopic (exact) mass is 377 g/mol. The lowest BCUT2D eigenvalue weighted by atomic mass is 9.83. The Balaban J connectivity index is 1.71. The van der Waals surface area contributed by atoms with Gasteiger partial charge < -0.3 is 9.67 Å². The largest absolute Gasteiger partial charge is 0.416 e. The molecule has 3 rings (SSSR count). The van der Waals surface area contributed by atoms with Crippen molar-refractivity contribution in [3.05, 3.63) is 58.4 Å². The number of halogens is 3. The molecule has 0 saturated carbocycles. The fraction of sp³-hybridized carbons (Fsp3) is 0.450. The van der Waals surface area contributed by atoms with Crippen LogP contribution in [0.4, 0.5) is 13.2 Å². The van der Waals surface area contributed by atoms with Crippen molar-refractivity contribution < 1.29 is 18.3 Å². The SMILES string of the molecule is Cc1c(CN2CCC(O)(c3cccc(C(F)(F)F)c3)CC2)cc(C#N)n1C. The molecule has 0 atom stereocenters. The van der Waals surface area contributed by atoms with Gasteiger partial charge in [0, 0.05) is 32.4 Å². The van der Waals surface area contributed by atoms with Gasteiger partial charge in [-0.05, 0) is 49.1 Å². The first-order chi connectivity index (χ1) is 12.6. The molecule has 0 spiro atoms. The molecule has 0 aliphatic carbocycles. The van der Waals surface area contributed by atoms with Crippen molar-refractivity contribution in [2.24, 2.45) is 7.05 Å². The van der Waals surface area contributed by atoms with Crippen LogP contribution in [-0.2, 0) is 25.4 Å². The number of hydrogen-bond donors (Lipinski definition) is 1. The summed E-state index contributed by atoms with van der Waals surface area (Å²) in [4.78, 5) is 2.16. The lowest BCUT2D eigenvalue weighted by Crippen LogP contribution is -2.42. The summed E-state index contributed by atoms with van der Waals surface area (Å²) >= 11 is 0. The van der Waals surface area contributed by atoms with Gasteiger partial charge in [-0.3, -0.25) is 4.90 Å². The third-order valence-corrected chi connectivity index (χ3v) is 5.56. The highest BCUT2D eigenvalue weighted by Gasteiger charge is 2.37. The molecule has 7 heteroatoms. The van der Waals surface area contributed by atoms with E-state index in [0.29, 0.717) is 43.7 Å². The van der Waals surface area contributed by atoms with Gasteiger partial charge in [0.15, 0.2) is 0 Å². The van der Waals surface area contributed by atoms with Crippen molar-refractivity contribution in [3.63, 3.8) is 0 Å². The minimum atomic E-state index is -4.42. The van der Waals surface area contributed by atoms with Gasteiger partial charge in [-0.1, -0.05) is 12.1 Å². The van der Waals surface area contributed by atoms with Crippen molar-refractivity contribution in [1.29, 1.82) is 5.26 Å². The van der Waals surface area contributed by atoms with Crippen LogP contribution in [0.2, 0.25) is 0 Å². The molecule has 0 amide bonds. The van der Waals surface area contributed by atoms with E-state index in [2.05, 4.69) is 11.0 Å². The molecule has 1 fully saturated rings. The summed E-state index contributed by atoms with van der Waals surface area (Å²) in [6.07, 6.45) is -3.69. The van der Waals surface area contributed by atoms with Gasteiger partial charge in [0.2, 0.25) is 0 Å². The molecule has 0 unspecified atom stereocenters. The van der Waals surface area contributed by atoms with Crippen LogP contribution in [0, 0.1) is 18.3 Å². The smallest absolute Gasteiger partial charge is 0.385 e. The first kappa shape index (κ1) is 19.5. The van der Waals surface area contributed by atoms with E-state index in [1.165, 1.54) is 6.07 Å². The van der Waals surface area contributed by atoms with Crippen molar-refractivity contribution >= 4 is 0 Å². The Kier molecular flexibility index (Phi) is 5.06. The quantitative estimate of drug-likeness (QED) is 0.887. The van der Waals surface area contributed by atoms with Crippen molar-refractivity contribution in [1.82, 2.24) is 9.47 Å². The molecule has 1 aliphatic heterocycles. The summed E-state index contributed by atoms with van der Waals surface area (Å²) in [6, 6.07) is 9.00. The second-order valence-electron chi connectivity index (χ2n) is 7.20. The first-order valence-electron chi connectivity index (χ1n) is 8.82. The van der Waals surface area contributed by atoms with E-state index in [9.17, 15) is 18.3 Å². The fourth-order valence-electron chi connectivity index (χ4n) is 3.63. The van der Waals surface area contributed by atoms with Gasteiger partial charge >= 0.3 is 6.18 Å². The van der Waals surface area contributed by atoms with Gasteiger partial charge in [0.25, 0.3) is 0 Å². The van der Waals surface area contributed by atoms with Crippen molar-refractivity contribution in [2.75, 3.05) is 13.1 Å². The zero-order valence-corrected chi connectivity index (χ0v) is 15.3. The van der Waals surface area contributed by atoms with Gasteiger partial charge in [0.1, 0.15) is 11.8 Å². The molecule has 1 N–H and O–H groups in total. The average Bonchev–Trinajstić information content (AvgIpc) is 2.91. The van der Waals surface area contributed by atoms with Crippen LogP contribution in [0.15, 0.2) is 30.3 Å². The molecule has 1 aromatic carbocycles. The van der Waals surface area contributed by atoms with E-state index >= 15 is 0 Å². The van der Waals surface area contributed by atoms with Crippen LogP contribution < -0.4 is 0 Å². The van der Waals surface area contributed by atoms with E-state index in [4.69, 9.17) is 5.26 Å². The standard InChI is InChI=1S/C20H22F3N3O/c1-14-15(10-18(12-24)25(14)2)13-26-8-6-19(27,7-9-26)16-4-3-5-17(11-16)20(21,22)23/h3-5,10-11,27H,6-9,13H2,1-2H3. The maximum atomic E-state index is 13.0. The molecular weight excluding hydrogens is 355 g/mol. The van der Waals surface area contributed by atoms with Gasteiger partial charge in [0.05, 0.1) is 11.2 Å². The summed E-state index contributed by atoms with van der Waals surface area (Å²) in [6.45, 7) is 3.76. The van der Waals surface area contributed by atoms with Crippen LogP contribution in [0.25, 0.3) is 0 Å². The molecule has 2 heterocycles. The number of benzene rings is 1. The van der Waals surface area contributed by atoms with Crippen molar-refractivity contribution in [2.45, 2.75) is 38.1 Å². The number of aromatic nitrogens is 1. The third-order valence-electron chi connectivity index (χ3n) is 5.56. The van der Waals surface area contributed by atoms with Crippen LogP contribution in [0.3, 0.4) is 0 Å². The van der Waals surface area contributed by atoms with E-state index in [0.717, 1.165) is 23.4 Å². The molecule has 2 aromatic rings. The zero-order valence-electron chi connectivity index (χ0n) is 15.3. The number of alkyl halides is 3. The Bertz CT molecular complexity index is 872. The van der Waals surface area contributed by atoms with Crippen LogP contribution >= 0.6 is 0 Å². The lowest BCUT2D eigenvalue weighted by molar-refractivity contribution is -0.137. The maximum Gasteiger partial charge on any atom is 0.416 e. The minimum Gasteiger partial charge on any atom is -0.385 e. The minimum absolute atomic E-state index is 0.319. The Morgan fingerprint density at radius 3 is 2.44 bits per heavy atom. The highest BCUT2D eigenvalue weighted by atomic mass is 19.4.